The molecule has 0 saturated heterocycles. The third kappa shape index (κ3) is 4.08. The van der Waals surface area contributed by atoms with Crippen LogP contribution in [0.3, 0.4) is 0 Å². The summed E-state index contributed by atoms with van der Waals surface area (Å²) >= 11 is 5.91. The molecule has 0 amide bonds. The predicted octanol–water partition coefficient (Wildman–Crippen LogP) is 2.21. The van der Waals surface area contributed by atoms with Crippen molar-refractivity contribution in [3.63, 3.8) is 0 Å². The first-order valence-corrected chi connectivity index (χ1v) is 5.17. The van der Waals surface area contributed by atoms with E-state index in [1.807, 2.05) is 19.1 Å². The van der Waals surface area contributed by atoms with Gasteiger partial charge in [0.1, 0.15) is 5.75 Å². The van der Waals surface area contributed by atoms with Crippen LogP contribution in [0.25, 0.3) is 0 Å². The van der Waals surface area contributed by atoms with Gasteiger partial charge in [-0.2, -0.15) is 0 Å². The maximum atomic E-state index is 5.91. The fourth-order valence-corrected chi connectivity index (χ4v) is 1.51. The molecule has 0 aliphatic rings. The zero-order valence-corrected chi connectivity index (χ0v) is 9.75. The van der Waals surface area contributed by atoms with Gasteiger partial charge in [-0.05, 0) is 37.1 Å². The Bertz CT molecular complexity index is 315. The fraction of sp³-hybridized carbons (Fsp3) is 0.455. The molecule has 0 saturated carbocycles. The van der Waals surface area contributed by atoms with E-state index in [0.29, 0.717) is 5.02 Å². The molecular formula is C11H16ClNO2. The first-order valence-electron chi connectivity index (χ1n) is 4.79. The largest absolute Gasteiger partial charge is 0.467 e. The van der Waals surface area contributed by atoms with Crippen molar-refractivity contribution in [2.24, 2.45) is 5.73 Å². The highest BCUT2D eigenvalue weighted by Crippen LogP contribution is 2.24. The van der Waals surface area contributed by atoms with Gasteiger partial charge >= 0.3 is 0 Å². The highest BCUT2D eigenvalue weighted by atomic mass is 35.5. The molecule has 0 aromatic heterocycles. The molecule has 0 aliphatic heterocycles. The van der Waals surface area contributed by atoms with E-state index in [4.69, 9.17) is 26.8 Å². The van der Waals surface area contributed by atoms with Crippen molar-refractivity contribution < 1.29 is 9.47 Å². The second-order valence-corrected chi connectivity index (χ2v) is 3.92. The normalized spacial score (nSPS) is 12.5. The van der Waals surface area contributed by atoms with Gasteiger partial charge in [0.25, 0.3) is 0 Å². The number of halogens is 1. The number of hydrogen-bond donors (Lipinski definition) is 1. The van der Waals surface area contributed by atoms with Gasteiger partial charge in [0.05, 0.1) is 0 Å². The fourth-order valence-electron chi connectivity index (χ4n) is 1.32. The van der Waals surface area contributed by atoms with Crippen molar-refractivity contribution >= 4 is 11.6 Å². The lowest BCUT2D eigenvalue weighted by Gasteiger charge is -2.12. The maximum Gasteiger partial charge on any atom is 0.188 e. The molecule has 0 aliphatic carbocycles. The average Bonchev–Trinajstić information content (AvgIpc) is 2.16. The van der Waals surface area contributed by atoms with Gasteiger partial charge in [-0.15, -0.1) is 0 Å². The molecule has 3 nitrogen and oxygen atoms in total. The molecule has 1 aromatic rings. The van der Waals surface area contributed by atoms with E-state index in [-0.39, 0.29) is 12.8 Å². The highest BCUT2D eigenvalue weighted by molar-refractivity contribution is 6.30. The van der Waals surface area contributed by atoms with Gasteiger partial charge in [-0.1, -0.05) is 11.6 Å². The Morgan fingerprint density at radius 3 is 2.80 bits per heavy atom. The summed E-state index contributed by atoms with van der Waals surface area (Å²) in [5, 5.41) is 0.690. The molecule has 1 unspecified atom stereocenters. The number of ether oxygens (including phenoxy) is 2. The van der Waals surface area contributed by atoms with Gasteiger partial charge in [-0.25, -0.2) is 0 Å². The Labute approximate surface area is 95.1 Å². The van der Waals surface area contributed by atoms with Gasteiger partial charge in [-0.3, -0.25) is 0 Å². The van der Waals surface area contributed by atoms with Crippen molar-refractivity contribution in [3.05, 3.63) is 28.8 Å². The zero-order valence-electron chi connectivity index (χ0n) is 9.00. The molecule has 0 bridgehead atoms. The number of nitrogens with two attached hydrogens (primary N) is 1. The van der Waals surface area contributed by atoms with E-state index in [1.54, 1.807) is 13.2 Å². The van der Waals surface area contributed by atoms with Crippen molar-refractivity contribution in [1.82, 2.24) is 0 Å². The minimum Gasteiger partial charge on any atom is -0.467 e. The molecule has 4 heteroatoms. The van der Waals surface area contributed by atoms with Crippen LogP contribution in [0.1, 0.15) is 12.5 Å². The number of rotatable bonds is 5. The van der Waals surface area contributed by atoms with Crippen molar-refractivity contribution in [2.75, 3.05) is 13.9 Å². The summed E-state index contributed by atoms with van der Waals surface area (Å²) in [5.41, 5.74) is 6.75. The number of methoxy groups -OCH3 is 1. The SMILES string of the molecule is COCOc1ccc(Cl)cc1CC(C)N. The molecule has 84 valence electrons. The van der Waals surface area contributed by atoms with Crippen molar-refractivity contribution in [1.29, 1.82) is 0 Å². The van der Waals surface area contributed by atoms with Crippen LogP contribution in [0.15, 0.2) is 18.2 Å². The summed E-state index contributed by atoms with van der Waals surface area (Å²) in [6.45, 7) is 2.18. The Hall–Kier alpha value is -0.770. The Morgan fingerprint density at radius 1 is 1.47 bits per heavy atom. The Balaban J connectivity index is 2.82. The number of hydrogen-bond acceptors (Lipinski definition) is 3. The number of benzene rings is 1. The summed E-state index contributed by atoms with van der Waals surface area (Å²) in [4.78, 5) is 0. The van der Waals surface area contributed by atoms with E-state index < -0.39 is 0 Å². The lowest BCUT2D eigenvalue weighted by Crippen LogP contribution is -2.18. The summed E-state index contributed by atoms with van der Waals surface area (Å²) in [6.07, 6.45) is 0.736. The van der Waals surface area contributed by atoms with Crippen LogP contribution in [0, 0.1) is 0 Å². The lowest BCUT2D eigenvalue weighted by molar-refractivity contribution is 0.0504. The molecule has 1 rings (SSSR count). The molecular weight excluding hydrogens is 214 g/mol. The molecule has 1 atom stereocenters. The summed E-state index contributed by atoms with van der Waals surface area (Å²) in [6, 6.07) is 5.57. The van der Waals surface area contributed by atoms with E-state index in [2.05, 4.69) is 0 Å². The molecule has 1 aromatic carbocycles. The van der Waals surface area contributed by atoms with E-state index in [0.717, 1.165) is 17.7 Å². The maximum absolute atomic E-state index is 5.91. The second-order valence-electron chi connectivity index (χ2n) is 3.48. The smallest absolute Gasteiger partial charge is 0.188 e. The van der Waals surface area contributed by atoms with E-state index in [1.165, 1.54) is 0 Å². The first kappa shape index (κ1) is 12.3. The molecule has 2 N–H and O–H groups in total. The van der Waals surface area contributed by atoms with Crippen LogP contribution in [0.5, 0.6) is 5.75 Å². The lowest BCUT2D eigenvalue weighted by atomic mass is 10.1. The van der Waals surface area contributed by atoms with Crippen molar-refractivity contribution in [3.8, 4) is 5.75 Å². The van der Waals surface area contributed by atoms with Gasteiger partial charge in [0.15, 0.2) is 6.79 Å². The zero-order chi connectivity index (χ0) is 11.3. The molecule has 0 fully saturated rings. The molecule has 0 heterocycles. The Kier molecular flexibility index (Phi) is 4.88. The second kappa shape index (κ2) is 5.95. The monoisotopic (exact) mass is 229 g/mol. The standard InChI is InChI=1S/C11H16ClNO2/c1-8(13)5-9-6-10(12)3-4-11(9)15-7-14-2/h3-4,6,8H,5,7,13H2,1-2H3. The van der Waals surface area contributed by atoms with Gasteiger partial charge < -0.3 is 15.2 Å². The van der Waals surface area contributed by atoms with Crippen LogP contribution in [0.4, 0.5) is 0 Å². The average molecular weight is 230 g/mol. The van der Waals surface area contributed by atoms with Crippen LogP contribution in [-0.2, 0) is 11.2 Å². The van der Waals surface area contributed by atoms with Crippen LogP contribution in [-0.4, -0.2) is 19.9 Å². The summed E-state index contributed by atoms with van der Waals surface area (Å²) < 4.78 is 10.3. The summed E-state index contributed by atoms with van der Waals surface area (Å²) in [5.74, 6) is 0.776. The molecule has 0 radical (unpaired) electrons. The first-order chi connectivity index (χ1) is 7.13. The molecule has 0 spiro atoms. The topological polar surface area (TPSA) is 44.5 Å². The summed E-state index contributed by atoms with van der Waals surface area (Å²) in [7, 11) is 1.58. The van der Waals surface area contributed by atoms with Crippen LogP contribution >= 0.6 is 11.6 Å². The van der Waals surface area contributed by atoms with Gasteiger partial charge in [0, 0.05) is 18.2 Å². The quantitative estimate of drug-likeness (QED) is 0.788. The highest BCUT2D eigenvalue weighted by Gasteiger charge is 2.06. The third-order valence-corrected chi connectivity index (χ3v) is 2.13. The Morgan fingerprint density at radius 2 is 2.20 bits per heavy atom. The molecule has 15 heavy (non-hydrogen) atoms. The predicted molar refractivity (Wildman–Crippen MR) is 61.3 cm³/mol. The van der Waals surface area contributed by atoms with E-state index in [9.17, 15) is 0 Å². The van der Waals surface area contributed by atoms with Crippen LogP contribution < -0.4 is 10.5 Å². The van der Waals surface area contributed by atoms with Gasteiger partial charge in [0.2, 0.25) is 0 Å². The minimum atomic E-state index is 0.0772. The van der Waals surface area contributed by atoms with E-state index >= 15 is 0 Å². The third-order valence-electron chi connectivity index (χ3n) is 1.90. The van der Waals surface area contributed by atoms with Crippen molar-refractivity contribution in [2.45, 2.75) is 19.4 Å². The minimum absolute atomic E-state index is 0.0772. The van der Waals surface area contributed by atoms with Crippen LogP contribution in [0.2, 0.25) is 5.02 Å².